The number of carbonyl (C=O) groups excluding carboxylic acids is 1. The number of benzene rings is 3. The maximum Gasteiger partial charge on any atom is 0.422 e. The average molecular weight is 500 g/mol. The summed E-state index contributed by atoms with van der Waals surface area (Å²) in [6.45, 7) is -0.420. The maximum absolute atomic E-state index is 14.3. The molecule has 0 spiro atoms. The minimum absolute atomic E-state index is 0.0127. The first-order chi connectivity index (χ1) is 16.4. The Morgan fingerprint density at radius 2 is 1.51 bits per heavy atom. The van der Waals surface area contributed by atoms with Gasteiger partial charge in [0.2, 0.25) is 5.82 Å². The Bertz CT molecular complexity index is 1400. The summed E-state index contributed by atoms with van der Waals surface area (Å²) in [5.41, 5.74) is -2.11. The number of alkyl halides is 3. The van der Waals surface area contributed by atoms with Gasteiger partial charge in [0.15, 0.2) is 29.9 Å². The zero-order chi connectivity index (χ0) is 25.7. The third kappa shape index (κ3) is 4.31. The molecule has 3 aromatic rings. The number of amides is 1. The van der Waals surface area contributed by atoms with Gasteiger partial charge in [-0.2, -0.15) is 23.3 Å². The fraction of sp³-hybridized carbons (Fsp3) is 0.130. The monoisotopic (exact) mass is 500 g/mol. The number of rotatable bonds is 4. The second-order valence-electron chi connectivity index (χ2n) is 7.38. The van der Waals surface area contributed by atoms with Crippen LogP contribution in [0.1, 0.15) is 12.5 Å². The van der Waals surface area contributed by atoms with Gasteiger partial charge in [-0.1, -0.05) is 30.3 Å². The normalized spacial score (nSPS) is 15.3. The molecule has 0 fully saturated rings. The van der Waals surface area contributed by atoms with Gasteiger partial charge in [0, 0.05) is 5.56 Å². The van der Waals surface area contributed by atoms with Crippen LogP contribution in [0.25, 0.3) is 16.8 Å². The first kappa shape index (κ1) is 24.2. The van der Waals surface area contributed by atoms with Crippen molar-refractivity contribution < 1.29 is 44.7 Å². The molecule has 1 amide bonds. The summed E-state index contributed by atoms with van der Waals surface area (Å²) >= 11 is 0. The van der Waals surface area contributed by atoms with Crippen LogP contribution in [-0.4, -0.2) is 24.4 Å². The minimum atomic E-state index is -4.67. The first-order valence-electron chi connectivity index (χ1n) is 9.75. The lowest BCUT2D eigenvalue weighted by Crippen LogP contribution is -2.25. The van der Waals surface area contributed by atoms with Crippen molar-refractivity contribution in [1.29, 1.82) is 0 Å². The molecule has 0 radical (unpaired) electrons. The van der Waals surface area contributed by atoms with Crippen LogP contribution in [0.4, 0.5) is 40.8 Å². The third-order valence-electron chi connectivity index (χ3n) is 5.07. The van der Waals surface area contributed by atoms with Crippen LogP contribution >= 0.6 is 0 Å². The van der Waals surface area contributed by atoms with E-state index in [2.05, 4.69) is 5.10 Å². The standard InChI is InChI=1S/C23H12F8N2O2/c1-10-13(22(34)33(32-10)21-19(27)17(25)16(24)18(26)20(21)28)8-14-12-5-3-2-4-11(12)6-7-15(14)35-9-23(29,30)31/h2-8H,9H2,1H3/b13-8+. The van der Waals surface area contributed by atoms with Gasteiger partial charge in [-0.3, -0.25) is 4.79 Å². The second kappa shape index (κ2) is 8.67. The third-order valence-corrected chi connectivity index (χ3v) is 5.07. The molecule has 0 bridgehead atoms. The Balaban J connectivity index is 1.85. The summed E-state index contributed by atoms with van der Waals surface area (Å²) in [4.78, 5) is 12.9. The van der Waals surface area contributed by atoms with Crippen molar-refractivity contribution in [2.75, 3.05) is 11.6 Å². The van der Waals surface area contributed by atoms with Gasteiger partial charge in [0.05, 0.1) is 11.3 Å². The molecular formula is C23H12F8N2O2. The lowest BCUT2D eigenvalue weighted by atomic mass is 9.99. The zero-order valence-electron chi connectivity index (χ0n) is 17.5. The molecule has 4 rings (SSSR count). The van der Waals surface area contributed by atoms with Crippen LogP contribution in [0.2, 0.25) is 0 Å². The minimum Gasteiger partial charge on any atom is -0.483 e. The molecule has 12 heteroatoms. The van der Waals surface area contributed by atoms with E-state index < -0.39 is 53.5 Å². The molecule has 4 nitrogen and oxygen atoms in total. The molecule has 0 unspecified atom stereocenters. The Kier molecular flexibility index (Phi) is 5.99. The van der Waals surface area contributed by atoms with Crippen LogP contribution in [0.3, 0.4) is 0 Å². The number of anilines is 1. The summed E-state index contributed by atoms with van der Waals surface area (Å²) in [6, 6.07) is 9.15. The number of nitrogens with zero attached hydrogens (tertiary/aromatic N) is 2. The van der Waals surface area contributed by atoms with Gasteiger partial charge >= 0.3 is 6.18 Å². The van der Waals surface area contributed by atoms with Crippen molar-refractivity contribution in [1.82, 2.24) is 0 Å². The van der Waals surface area contributed by atoms with Crippen LogP contribution < -0.4 is 9.75 Å². The number of hydrogen-bond donors (Lipinski definition) is 0. The van der Waals surface area contributed by atoms with Crippen molar-refractivity contribution in [2.45, 2.75) is 13.1 Å². The Morgan fingerprint density at radius 1 is 0.914 bits per heavy atom. The van der Waals surface area contributed by atoms with E-state index >= 15 is 0 Å². The molecule has 1 aliphatic rings. The van der Waals surface area contributed by atoms with E-state index in [1.807, 2.05) is 0 Å². The second-order valence-corrected chi connectivity index (χ2v) is 7.38. The Morgan fingerprint density at radius 3 is 2.14 bits per heavy atom. The number of hydrazone groups is 1. The van der Waals surface area contributed by atoms with Crippen LogP contribution in [0.5, 0.6) is 5.75 Å². The Labute approximate surface area is 191 Å². The van der Waals surface area contributed by atoms with Gasteiger partial charge in [-0.15, -0.1) is 0 Å². The molecule has 0 saturated heterocycles. The maximum atomic E-state index is 14.3. The van der Waals surface area contributed by atoms with Gasteiger partial charge in [0.1, 0.15) is 11.4 Å². The van der Waals surface area contributed by atoms with Crippen LogP contribution in [-0.2, 0) is 4.79 Å². The highest BCUT2D eigenvalue weighted by Crippen LogP contribution is 2.36. The molecule has 1 aliphatic heterocycles. The quantitative estimate of drug-likeness (QED) is 0.183. The topological polar surface area (TPSA) is 41.9 Å². The van der Waals surface area contributed by atoms with E-state index in [0.717, 1.165) is 6.08 Å². The van der Waals surface area contributed by atoms with Crippen molar-refractivity contribution in [2.24, 2.45) is 5.10 Å². The molecule has 182 valence electrons. The predicted molar refractivity (Wildman–Crippen MR) is 110 cm³/mol. The molecule has 3 aromatic carbocycles. The van der Waals surface area contributed by atoms with Crippen molar-refractivity contribution in [3.63, 3.8) is 0 Å². The number of hydrogen-bond acceptors (Lipinski definition) is 3. The average Bonchev–Trinajstić information content (AvgIpc) is 3.08. The lowest BCUT2D eigenvalue weighted by Gasteiger charge is -2.16. The fourth-order valence-electron chi connectivity index (χ4n) is 3.47. The molecular weight excluding hydrogens is 488 g/mol. The van der Waals surface area contributed by atoms with Crippen LogP contribution in [0.15, 0.2) is 47.1 Å². The SMILES string of the molecule is CC1=NN(c2c(F)c(F)c(F)c(F)c2F)C(=O)/C1=C/c1c(OCC(F)(F)F)ccc2ccccc12. The van der Waals surface area contributed by atoms with Crippen LogP contribution in [0, 0.1) is 29.1 Å². The molecule has 0 atom stereocenters. The van der Waals surface area contributed by atoms with Crippen molar-refractivity contribution in [3.8, 4) is 5.75 Å². The van der Waals surface area contributed by atoms with E-state index in [1.165, 1.54) is 25.1 Å². The summed E-state index contributed by atoms with van der Waals surface area (Å²) in [7, 11) is 0. The highest BCUT2D eigenvalue weighted by atomic mass is 19.4. The van der Waals surface area contributed by atoms with Gasteiger partial charge in [-0.05, 0) is 29.8 Å². The number of halogens is 8. The number of ether oxygens (including phenoxy) is 1. The van der Waals surface area contributed by atoms with Gasteiger partial charge < -0.3 is 4.74 Å². The molecule has 0 aromatic heterocycles. The highest BCUT2D eigenvalue weighted by molar-refractivity contribution is 6.32. The largest absolute Gasteiger partial charge is 0.483 e. The summed E-state index contributed by atoms with van der Waals surface area (Å²) < 4.78 is 112. The molecule has 35 heavy (non-hydrogen) atoms. The van der Waals surface area contributed by atoms with E-state index in [-0.39, 0.29) is 27.6 Å². The zero-order valence-corrected chi connectivity index (χ0v) is 17.5. The molecule has 0 aliphatic carbocycles. The first-order valence-corrected chi connectivity index (χ1v) is 9.75. The molecule has 0 N–H and O–H groups in total. The predicted octanol–water partition coefficient (Wildman–Crippen LogP) is 6.28. The summed E-state index contributed by atoms with van der Waals surface area (Å²) in [6.07, 6.45) is -3.58. The number of carbonyl (C=O) groups is 1. The van der Waals surface area contributed by atoms with E-state index in [0.29, 0.717) is 10.8 Å². The van der Waals surface area contributed by atoms with E-state index in [4.69, 9.17) is 4.74 Å². The summed E-state index contributed by atoms with van der Waals surface area (Å²) in [5.74, 6) is -13.0. The molecule has 0 saturated carbocycles. The fourth-order valence-corrected chi connectivity index (χ4v) is 3.47. The summed E-state index contributed by atoms with van der Waals surface area (Å²) in [5, 5.41) is 4.57. The van der Waals surface area contributed by atoms with Gasteiger partial charge in [0.25, 0.3) is 5.91 Å². The van der Waals surface area contributed by atoms with E-state index in [1.54, 1.807) is 18.2 Å². The van der Waals surface area contributed by atoms with E-state index in [9.17, 15) is 39.9 Å². The Hall–Kier alpha value is -3.96. The highest BCUT2D eigenvalue weighted by Gasteiger charge is 2.37. The smallest absolute Gasteiger partial charge is 0.422 e. The van der Waals surface area contributed by atoms with Gasteiger partial charge in [-0.25, -0.2) is 22.0 Å². The number of fused-ring (bicyclic) bond motifs is 1. The lowest BCUT2D eigenvalue weighted by molar-refractivity contribution is -0.153. The molecule has 1 heterocycles. The van der Waals surface area contributed by atoms with Crippen molar-refractivity contribution >= 4 is 34.2 Å². The van der Waals surface area contributed by atoms with Crippen molar-refractivity contribution in [3.05, 3.63) is 76.6 Å².